The van der Waals surface area contributed by atoms with E-state index in [1.54, 1.807) is 24.6 Å². The zero-order chi connectivity index (χ0) is 26.6. The van der Waals surface area contributed by atoms with Crippen LogP contribution in [0.1, 0.15) is 21.5 Å². The van der Waals surface area contributed by atoms with Crippen LogP contribution < -0.4 is 15.9 Å². The van der Waals surface area contributed by atoms with E-state index in [0.29, 0.717) is 23.9 Å². The lowest BCUT2D eigenvalue weighted by Crippen LogP contribution is -2.40. The first-order valence-electron chi connectivity index (χ1n) is 11.2. The van der Waals surface area contributed by atoms with Crippen LogP contribution >= 0.6 is 7.92 Å². The van der Waals surface area contributed by atoms with E-state index >= 15 is 0 Å². The molecule has 0 bridgehead atoms. The Kier molecular flexibility index (Phi) is 7.88. The van der Waals surface area contributed by atoms with Crippen molar-refractivity contribution in [2.75, 3.05) is 6.16 Å². The number of alkyl halides is 6. The maximum absolute atomic E-state index is 13.3. The van der Waals surface area contributed by atoms with Gasteiger partial charge >= 0.3 is 12.4 Å². The van der Waals surface area contributed by atoms with Crippen LogP contribution in [0.25, 0.3) is 0 Å². The molecule has 0 saturated heterocycles. The number of amides is 1. The minimum Gasteiger partial charge on any atom is -0.345 e. The number of benzene rings is 3. The van der Waals surface area contributed by atoms with Gasteiger partial charge in [0.05, 0.1) is 17.2 Å². The molecule has 0 saturated carbocycles. The van der Waals surface area contributed by atoms with Crippen molar-refractivity contribution in [1.82, 2.24) is 5.32 Å². The average Bonchev–Trinajstić information content (AvgIpc) is 3.41. The van der Waals surface area contributed by atoms with Gasteiger partial charge in [-0.05, 0) is 48.5 Å². The SMILES string of the molecule is O=C(NC(CP(c1ccccc1)c1ccccc1)C1=CC=C[CH]1)c1cc(C(F)(F)F)cc(C(F)(F)F)c1. The summed E-state index contributed by atoms with van der Waals surface area (Å²) in [5, 5.41) is 4.75. The third-order valence-corrected chi connectivity index (χ3v) is 8.32. The quantitative estimate of drug-likeness (QED) is 0.268. The van der Waals surface area contributed by atoms with Crippen LogP contribution in [0.15, 0.2) is 103 Å². The molecule has 0 heterocycles. The summed E-state index contributed by atoms with van der Waals surface area (Å²) < 4.78 is 80.0. The Morgan fingerprint density at radius 1 is 0.757 bits per heavy atom. The number of halogens is 6. The van der Waals surface area contributed by atoms with Crippen molar-refractivity contribution in [3.8, 4) is 0 Å². The number of hydrogen-bond acceptors (Lipinski definition) is 1. The summed E-state index contributed by atoms with van der Waals surface area (Å²) >= 11 is 0. The maximum atomic E-state index is 13.3. The predicted octanol–water partition coefficient (Wildman–Crippen LogP) is 6.66. The highest BCUT2D eigenvalue weighted by molar-refractivity contribution is 7.73. The summed E-state index contributed by atoms with van der Waals surface area (Å²) in [5.74, 6) is -1.01. The minimum atomic E-state index is -5.05. The summed E-state index contributed by atoms with van der Waals surface area (Å²) in [7, 11) is -1.02. The Bertz CT molecular complexity index is 1230. The summed E-state index contributed by atoms with van der Waals surface area (Å²) in [5.41, 5.74) is -3.07. The third-order valence-electron chi connectivity index (χ3n) is 5.75. The van der Waals surface area contributed by atoms with Crippen molar-refractivity contribution < 1.29 is 31.1 Å². The lowest BCUT2D eigenvalue weighted by molar-refractivity contribution is -0.143. The Hall–Kier alpha value is -3.38. The van der Waals surface area contributed by atoms with Gasteiger partial charge in [0.1, 0.15) is 0 Å². The molecule has 191 valence electrons. The molecule has 1 atom stereocenters. The van der Waals surface area contributed by atoms with Crippen LogP contribution in [0.3, 0.4) is 0 Å². The van der Waals surface area contributed by atoms with Crippen molar-refractivity contribution >= 4 is 24.4 Å². The van der Waals surface area contributed by atoms with Gasteiger partial charge in [0.15, 0.2) is 0 Å². The number of allylic oxidation sites excluding steroid dienone is 3. The van der Waals surface area contributed by atoms with Crippen molar-refractivity contribution in [3.05, 3.63) is 126 Å². The Morgan fingerprint density at radius 2 is 1.27 bits per heavy atom. The molecule has 0 aromatic heterocycles. The van der Waals surface area contributed by atoms with E-state index in [9.17, 15) is 31.1 Å². The first kappa shape index (κ1) is 26.7. The molecule has 1 radical (unpaired) electrons. The molecule has 1 aliphatic rings. The first-order chi connectivity index (χ1) is 17.5. The van der Waals surface area contributed by atoms with Crippen LogP contribution in [0, 0.1) is 6.42 Å². The zero-order valence-electron chi connectivity index (χ0n) is 19.2. The van der Waals surface area contributed by atoms with Gasteiger partial charge < -0.3 is 5.32 Å². The van der Waals surface area contributed by atoms with Gasteiger partial charge in [-0.3, -0.25) is 4.79 Å². The van der Waals surface area contributed by atoms with Crippen molar-refractivity contribution in [1.29, 1.82) is 0 Å². The smallest absolute Gasteiger partial charge is 0.345 e. The lowest BCUT2D eigenvalue weighted by atomic mass is 10.0. The van der Waals surface area contributed by atoms with E-state index < -0.39 is 48.9 Å². The van der Waals surface area contributed by atoms with Crippen molar-refractivity contribution in [2.24, 2.45) is 0 Å². The average molecular weight is 532 g/mol. The highest BCUT2D eigenvalue weighted by Crippen LogP contribution is 2.38. The summed E-state index contributed by atoms with van der Waals surface area (Å²) in [4.78, 5) is 13.1. The standard InChI is InChI=1S/C28H21F6NOP/c29-27(30,31)21-15-20(16-22(17-21)28(32,33)34)26(36)35-25(19-9-7-8-10-19)18-37(23-11-3-1-4-12-23)24-13-5-2-6-14-24/h1-17,25H,18H2,(H,35,36). The topological polar surface area (TPSA) is 29.1 Å². The largest absolute Gasteiger partial charge is 0.416 e. The van der Waals surface area contributed by atoms with Gasteiger partial charge in [0.25, 0.3) is 5.91 Å². The van der Waals surface area contributed by atoms with Gasteiger partial charge in [0.2, 0.25) is 0 Å². The molecular weight excluding hydrogens is 511 g/mol. The van der Waals surface area contributed by atoms with Crippen molar-refractivity contribution in [2.45, 2.75) is 18.4 Å². The molecule has 4 rings (SSSR count). The molecule has 0 spiro atoms. The van der Waals surface area contributed by atoms with Gasteiger partial charge in [-0.15, -0.1) is 0 Å². The number of carbonyl (C=O) groups excluding carboxylic acids is 1. The van der Waals surface area contributed by atoms with E-state index in [1.807, 2.05) is 60.7 Å². The first-order valence-corrected chi connectivity index (χ1v) is 12.7. The maximum Gasteiger partial charge on any atom is 0.416 e. The Labute approximate surface area is 211 Å². The van der Waals surface area contributed by atoms with Crippen LogP contribution in [0.5, 0.6) is 0 Å². The lowest BCUT2D eigenvalue weighted by Gasteiger charge is -2.27. The normalized spacial score (nSPS) is 14.5. The highest BCUT2D eigenvalue weighted by Gasteiger charge is 2.38. The van der Waals surface area contributed by atoms with Crippen LogP contribution in [0.4, 0.5) is 26.3 Å². The predicted molar refractivity (Wildman–Crippen MR) is 133 cm³/mol. The van der Waals surface area contributed by atoms with Crippen LogP contribution in [0.2, 0.25) is 0 Å². The molecule has 0 aliphatic heterocycles. The molecule has 1 amide bonds. The van der Waals surface area contributed by atoms with Gasteiger partial charge in [-0.25, -0.2) is 0 Å². The summed E-state index contributed by atoms with van der Waals surface area (Å²) in [6.07, 6.45) is -2.65. The van der Waals surface area contributed by atoms with Gasteiger partial charge in [-0.2, -0.15) is 26.3 Å². The van der Waals surface area contributed by atoms with E-state index in [2.05, 4.69) is 5.32 Å². The minimum absolute atomic E-state index is 0.00945. The zero-order valence-corrected chi connectivity index (χ0v) is 20.1. The molecule has 1 unspecified atom stereocenters. The van der Waals surface area contributed by atoms with E-state index in [-0.39, 0.29) is 6.07 Å². The summed E-state index contributed by atoms with van der Waals surface area (Å²) in [6, 6.07) is 19.4. The second kappa shape index (κ2) is 10.9. The van der Waals surface area contributed by atoms with Gasteiger partial charge in [-0.1, -0.05) is 78.9 Å². The molecule has 1 N–H and O–H groups in total. The summed E-state index contributed by atoms with van der Waals surface area (Å²) in [6.45, 7) is 0. The Balaban J connectivity index is 1.69. The highest BCUT2D eigenvalue weighted by atomic mass is 31.1. The fourth-order valence-corrected chi connectivity index (χ4v) is 6.39. The fraction of sp³-hybridized carbons (Fsp3) is 0.143. The second-order valence-corrected chi connectivity index (χ2v) is 10.6. The molecular formula is C28H21F6NOP. The molecule has 0 fully saturated rings. The van der Waals surface area contributed by atoms with E-state index in [4.69, 9.17) is 0 Å². The van der Waals surface area contributed by atoms with Crippen LogP contribution in [-0.2, 0) is 12.4 Å². The molecule has 2 nitrogen and oxygen atoms in total. The fourth-order valence-electron chi connectivity index (χ4n) is 3.94. The number of hydrogen-bond donors (Lipinski definition) is 1. The van der Waals surface area contributed by atoms with Crippen molar-refractivity contribution in [3.63, 3.8) is 0 Å². The second-order valence-electron chi connectivity index (χ2n) is 8.32. The Morgan fingerprint density at radius 3 is 1.70 bits per heavy atom. The van der Waals surface area contributed by atoms with Gasteiger partial charge in [0, 0.05) is 12.0 Å². The van der Waals surface area contributed by atoms with E-state index in [1.165, 1.54) is 0 Å². The number of rotatable bonds is 7. The molecule has 3 aromatic rings. The molecule has 3 aromatic carbocycles. The van der Waals surface area contributed by atoms with Crippen LogP contribution in [-0.4, -0.2) is 18.1 Å². The monoisotopic (exact) mass is 532 g/mol. The number of nitrogens with one attached hydrogen (secondary N) is 1. The molecule has 37 heavy (non-hydrogen) atoms. The molecule has 9 heteroatoms. The number of carbonyl (C=O) groups is 1. The third kappa shape index (κ3) is 6.69. The molecule has 1 aliphatic carbocycles. The van der Waals surface area contributed by atoms with E-state index in [0.717, 1.165) is 10.6 Å².